The van der Waals surface area contributed by atoms with Gasteiger partial charge in [0, 0.05) is 0 Å². The molecule has 6 heteroatoms. The summed E-state index contributed by atoms with van der Waals surface area (Å²) in [5, 5.41) is 10.2. The molecule has 11 heavy (non-hydrogen) atoms. The van der Waals surface area contributed by atoms with Crippen molar-refractivity contribution in [3.05, 3.63) is 11.8 Å². The van der Waals surface area contributed by atoms with Gasteiger partial charge in [0.15, 0.2) is 12.1 Å². The molecule has 56 valence electrons. The molecule has 2 heterocycles. The molecule has 0 saturated heterocycles. The van der Waals surface area contributed by atoms with Crippen LogP contribution in [0.25, 0.3) is 0 Å². The first-order valence-electron chi connectivity index (χ1n) is 3.02. The largest absolute Gasteiger partial charge is 0.370 e. The number of nitrogens with one attached hydrogen (secondary N) is 1. The number of fused-ring (bicyclic) bond motifs is 1. The quantitative estimate of drug-likeness (QED) is 0.495. The third-order valence-corrected chi connectivity index (χ3v) is 1.75. The number of hydrogen-bond donors (Lipinski definition) is 2. The summed E-state index contributed by atoms with van der Waals surface area (Å²) in [5.41, 5.74) is 6.22. The highest BCUT2D eigenvalue weighted by Gasteiger charge is 2.25. The van der Waals surface area contributed by atoms with Crippen molar-refractivity contribution in [1.82, 2.24) is 5.32 Å². The van der Waals surface area contributed by atoms with E-state index in [4.69, 9.17) is 18.0 Å². The molecule has 0 fully saturated rings. The van der Waals surface area contributed by atoms with E-state index in [0.29, 0.717) is 10.9 Å². The molecule has 0 aliphatic carbocycles. The summed E-state index contributed by atoms with van der Waals surface area (Å²) in [6.07, 6.45) is 1.29. The van der Waals surface area contributed by atoms with E-state index in [0.717, 1.165) is 5.57 Å². The summed E-state index contributed by atoms with van der Waals surface area (Å²) >= 11 is 4.96. The first kappa shape index (κ1) is 6.41. The summed E-state index contributed by atoms with van der Waals surface area (Å²) in [6, 6.07) is 0. The minimum Gasteiger partial charge on any atom is -0.370 e. The predicted octanol–water partition coefficient (Wildman–Crippen LogP) is -0.0925. The Bertz CT molecular complexity index is 302. The standard InChI is InChI=1S/C5H5N5S/c6-5-8-3-2(1-7-10-3)4(11)9-5/h1,3H,(H3,6,8,9,11). The van der Waals surface area contributed by atoms with Gasteiger partial charge >= 0.3 is 0 Å². The molecule has 0 aromatic carbocycles. The zero-order valence-corrected chi connectivity index (χ0v) is 6.30. The zero-order chi connectivity index (χ0) is 7.84. The van der Waals surface area contributed by atoms with Gasteiger partial charge < -0.3 is 11.1 Å². The van der Waals surface area contributed by atoms with Crippen LogP contribution in [0.5, 0.6) is 0 Å². The van der Waals surface area contributed by atoms with Crippen LogP contribution in [0.15, 0.2) is 27.0 Å². The molecule has 0 aromatic rings. The third-order valence-electron chi connectivity index (χ3n) is 1.42. The minimum atomic E-state index is -0.302. The van der Waals surface area contributed by atoms with Gasteiger partial charge in [0.25, 0.3) is 0 Å². The minimum absolute atomic E-state index is 0.302. The average Bonchev–Trinajstić information content (AvgIpc) is 2.34. The van der Waals surface area contributed by atoms with Gasteiger partial charge in [0.05, 0.1) is 11.8 Å². The SMILES string of the molecule is NC1=NC2N=NC=C2C(=S)N1. The number of thiocarbonyl (C=S) groups is 1. The van der Waals surface area contributed by atoms with Crippen molar-refractivity contribution in [2.75, 3.05) is 0 Å². The van der Waals surface area contributed by atoms with Gasteiger partial charge in [-0.1, -0.05) is 12.2 Å². The van der Waals surface area contributed by atoms with Crippen LogP contribution in [-0.2, 0) is 0 Å². The van der Waals surface area contributed by atoms with Crippen molar-refractivity contribution in [2.24, 2.45) is 21.0 Å². The van der Waals surface area contributed by atoms with Crippen molar-refractivity contribution in [1.29, 1.82) is 0 Å². The fourth-order valence-electron chi connectivity index (χ4n) is 0.911. The molecule has 0 amide bonds. The summed E-state index contributed by atoms with van der Waals surface area (Å²) in [4.78, 5) is 4.52. The number of guanidine groups is 1. The second kappa shape index (κ2) is 2.09. The highest BCUT2D eigenvalue weighted by Crippen LogP contribution is 2.19. The van der Waals surface area contributed by atoms with Gasteiger partial charge in [-0.05, 0) is 0 Å². The van der Waals surface area contributed by atoms with Crippen LogP contribution in [-0.4, -0.2) is 17.1 Å². The van der Waals surface area contributed by atoms with E-state index in [1.807, 2.05) is 0 Å². The van der Waals surface area contributed by atoms with Gasteiger partial charge in [-0.2, -0.15) is 10.2 Å². The Morgan fingerprint density at radius 3 is 3.27 bits per heavy atom. The summed E-state index contributed by atoms with van der Waals surface area (Å²) in [7, 11) is 0. The molecule has 5 nitrogen and oxygen atoms in total. The monoisotopic (exact) mass is 167 g/mol. The van der Waals surface area contributed by atoms with Crippen molar-refractivity contribution in [2.45, 2.75) is 6.17 Å². The van der Waals surface area contributed by atoms with E-state index in [2.05, 4.69) is 20.5 Å². The van der Waals surface area contributed by atoms with Crippen LogP contribution in [0.2, 0.25) is 0 Å². The van der Waals surface area contributed by atoms with Gasteiger partial charge in [0.2, 0.25) is 0 Å². The van der Waals surface area contributed by atoms with Crippen LogP contribution >= 0.6 is 12.2 Å². The molecular weight excluding hydrogens is 162 g/mol. The Morgan fingerprint density at radius 1 is 1.64 bits per heavy atom. The number of nitrogens with zero attached hydrogens (tertiary/aromatic N) is 3. The molecule has 1 unspecified atom stereocenters. The molecular formula is C5H5N5S. The van der Waals surface area contributed by atoms with Crippen LogP contribution in [0.4, 0.5) is 0 Å². The fraction of sp³-hybridized carbons (Fsp3) is 0.200. The molecule has 2 rings (SSSR count). The number of aliphatic imine (C=N–C) groups is 1. The molecule has 0 saturated carbocycles. The Morgan fingerprint density at radius 2 is 2.45 bits per heavy atom. The first-order valence-corrected chi connectivity index (χ1v) is 3.43. The Hall–Kier alpha value is -1.30. The van der Waals surface area contributed by atoms with Crippen molar-refractivity contribution < 1.29 is 0 Å². The van der Waals surface area contributed by atoms with Crippen molar-refractivity contribution in [3.63, 3.8) is 0 Å². The second-order valence-corrected chi connectivity index (χ2v) is 2.57. The lowest BCUT2D eigenvalue weighted by Gasteiger charge is -2.16. The van der Waals surface area contributed by atoms with Crippen molar-refractivity contribution >= 4 is 23.2 Å². The summed E-state index contributed by atoms with van der Waals surface area (Å²) in [6.45, 7) is 0. The van der Waals surface area contributed by atoms with Gasteiger partial charge in [-0.25, -0.2) is 4.99 Å². The van der Waals surface area contributed by atoms with Gasteiger partial charge in [-0.15, -0.1) is 0 Å². The summed E-state index contributed by atoms with van der Waals surface area (Å²) < 4.78 is 0. The number of rotatable bonds is 0. The van der Waals surface area contributed by atoms with E-state index in [1.165, 1.54) is 0 Å². The van der Waals surface area contributed by atoms with E-state index in [-0.39, 0.29) is 6.17 Å². The molecule has 2 aliphatic heterocycles. The molecule has 0 bridgehead atoms. The highest BCUT2D eigenvalue weighted by molar-refractivity contribution is 7.80. The number of azo groups is 1. The van der Waals surface area contributed by atoms with Crippen LogP contribution in [0, 0.1) is 0 Å². The van der Waals surface area contributed by atoms with Gasteiger partial charge in [0.1, 0.15) is 4.99 Å². The lowest BCUT2D eigenvalue weighted by molar-refractivity contribution is 0.812. The maximum absolute atomic E-state index is 5.40. The molecule has 0 radical (unpaired) electrons. The van der Waals surface area contributed by atoms with E-state index < -0.39 is 0 Å². The third kappa shape index (κ3) is 0.911. The zero-order valence-electron chi connectivity index (χ0n) is 5.48. The smallest absolute Gasteiger partial charge is 0.196 e. The molecule has 2 aliphatic rings. The maximum atomic E-state index is 5.40. The normalized spacial score (nSPS) is 27.3. The van der Waals surface area contributed by atoms with Crippen LogP contribution in [0.3, 0.4) is 0 Å². The summed E-state index contributed by atoms with van der Waals surface area (Å²) in [5.74, 6) is 0.304. The highest BCUT2D eigenvalue weighted by atomic mass is 32.1. The number of nitrogens with two attached hydrogens (primary N) is 1. The lowest BCUT2D eigenvalue weighted by Crippen LogP contribution is -2.42. The van der Waals surface area contributed by atoms with Gasteiger partial charge in [-0.3, -0.25) is 0 Å². The molecule has 1 atom stereocenters. The topological polar surface area (TPSA) is 75.1 Å². The predicted molar refractivity (Wildman–Crippen MR) is 44.1 cm³/mol. The van der Waals surface area contributed by atoms with Crippen molar-refractivity contribution in [3.8, 4) is 0 Å². The molecule has 3 N–H and O–H groups in total. The van der Waals surface area contributed by atoms with E-state index >= 15 is 0 Å². The molecule has 0 spiro atoms. The maximum Gasteiger partial charge on any atom is 0.196 e. The average molecular weight is 167 g/mol. The van der Waals surface area contributed by atoms with E-state index in [1.54, 1.807) is 6.20 Å². The second-order valence-electron chi connectivity index (χ2n) is 2.16. The fourth-order valence-corrected chi connectivity index (χ4v) is 1.17. The number of hydrogen-bond acceptors (Lipinski definition) is 5. The van der Waals surface area contributed by atoms with Crippen LogP contribution in [0.1, 0.15) is 0 Å². The lowest BCUT2D eigenvalue weighted by atomic mass is 10.2. The Balaban J connectivity index is 2.42. The van der Waals surface area contributed by atoms with E-state index in [9.17, 15) is 0 Å². The Labute approximate surface area is 68.1 Å². The Kier molecular flexibility index (Phi) is 1.22. The molecule has 0 aromatic heterocycles. The van der Waals surface area contributed by atoms with Crippen LogP contribution < -0.4 is 11.1 Å². The first-order chi connectivity index (χ1) is 5.27.